The maximum absolute atomic E-state index is 13.3. The molecular formula is C11H20FNO3. The minimum absolute atomic E-state index is 0.0247. The Balaban J connectivity index is 2.60. The lowest BCUT2D eigenvalue weighted by molar-refractivity contribution is -0.0780. The summed E-state index contributed by atoms with van der Waals surface area (Å²) in [5.41, 5.74) is -2.05. The highest BCUT2D eigenvalue weighted by atomic mass is 19.1. The Morgan fingerprint density at radius 2 is 2.12 bits per heavy atom. The van der Waals surface area contributed by atoms with Crippen LogP contribution in [-0.4, -0.2) is 46.6 Å². The molecule has 0 bridgehead atoms. The number of alkyl halides is 1. The van der Waals surface area contributed by atoms with Gasteiger partial charge < -0.3 is 14.7 Å². The van der Waals surface area contributed by atoms with Gasteiger partial charge in [-0.15, -0.1) is 0 Å². The minimum atomic E-state index is -1.48. The second kappa shape index (κ2) is 4.20. The first-order valence-electron chi connectivity index (χ1n) is 5.46. The molecule has 1 aliphatic heterocycles. The molecule has 0 aromatic heterocycles. The molecule has 1 heterocycles. The number of amides is 1. The van der Waals surface area contributed by atoms with Gasteiger partial charge in [0.05, 0.1) is 6.54 Å². The van der Waals surface area contributed by atoms with Gasteiger partial charge >= 0.3 is 6.09 Å². The van der Waals surface area contributed by atoms with E-state index in [9.17, 15) is 14.3 Å². The fraction of sp³-hybridized carbons (Fsp3) is 0.909. The molecule has 0 radical (unpaired) electrons. The zero-order valence-corrected chi connectivity index (χ0v) is 10.3. The molecule has 0 aromatic rings. The summed E-state index contributed by atoms with van der Waals surface area (Å²) in [4.78, 5) is 13.0. The van der Waals surface area contributed by atoms with E-state index in [1.54, 1.807) is 20.8 Å². The minimum Gasteiger partial charge on any atom is -0.444 e. The maximum Gasteiger partial charge on any atom is 0.410 e. The Morgan fingerprint density at radius 3 is 2.56 bits per heavy atom. The first-order chi connectivity index (χ1) is 7.12. The van der Waals surface area contributed by atoms with Crippen LogP contribution in [0.4, 0.5) is 9.18 Å². The molecule has 1 saturated heterocycles. The van der Waals surface area contributed by atoms with Crippen LogP contribution in [0.2, 0.25) is 0 Å². The van der Waals surface area contributed by atoms with E-state index in [2.05, 4.69) is 0 Å². The molecule has 0 unspecified atom stereocenters. The van der Waals surface area contributed by atoms with E-state index >= 15 is 0 Å². The number of likely N-dealkylation sites (tertiary alicyclic amines) is 1. The van der Waals surface area contributed by atoms with Crippen molar-refractivity contribution in [1.29, 1.82) is 0 Å². The van der Waals surface area contributed by atoms with Crippen molar-refractivity contribution in [1.82, 2.24) is 4.90 Å². The van der Waals surface area contributed by atoms with E-state index in [1.807, 2.05) is 0 Å². The Morgan fingerprint density at radius 1 is 1.56 bits per heavy atom. The number of halogens is 1. The third kappa shape index (κ3) is 3.33. The summed E-state index contributed by atoms with van der Waals surface area (Å²) in [5.74, 6) is 0. The molecule has 1 rings (SSSR count). The number of hydrogen-bond acceptors (Lipinski definition) is 3. The number of hydrogen-bond donors (Lipinski definition) is 1. The zero-order valence-electron chi connectivity index (χ0n) is 10.3. The quantitative estimate of drug-likeness (QED) is 0.693. The molecule has 16 heavy (non-hydrogen) atoms. The summed E-state index contributed by atoms with van der Waals surface area (Å²) in [7, 11) is 0. The molecule has 4 nitrogen and oxygen atoms in total. The van der Waals surface area contributed by atoms with Crippen LogP contribution in [0, 0.1) is 0 Å². The lowest BCUT2D eigenvalue weighted by Gasteiger charge is -2.39. The van der Waals surface area contributed by atoms with Crippen molar-refractivity contribution in [2.75, 3.05) is 13.1 Å². The number of β-amino-alcohol motifs (C(OH)–C–C–N with tert-alkyl or cyclic N) is 1. The summed E-state index contributed by atoms with van der Waals surface area (Å²) in [6, 6.07) is 0. The fourth-order valence-electron chi connectivity index (χ4n) is 1.63. The number of carbonyl (C=O) groups is 1. The molecule has 5 heteroatoms. The first kappa shape index (κ1) is 13.2. The Labute approximate surface area is 95.4 Å². The Kier molecular flexibility index (Phi) is 3.47. The number of carbonyl (C=O) groups excluding carboxylic acids is 1. The van der Waals surface area contributed by atoms with E-state index < -0.39 is 23.5 Å². The van der Waals surface area contributed by atoms with Gasteiger partial charge in [0.2, 0.25) is 0 Å². The summed E-state index contributed by atoms with van der Waals surface area (Å²) >= 11 is 0. The number of nitrogens with zero attached hydrogens (tertiary/aromatic N) is 1. The highest BCUT2D eigenvalue weighted by Gasteiger charge is 2.40. The lowest BCUT2D eigenvalue weighted by Crippen LogP contribution is -2.55. The third-order valence-corrected chi connectivity index (χ3v) is 2.49. The second-order valence-electron chi connectivity index (χ2n) is 5.52. The van der Waals surface area contributed by atoms with E-state index in [-0.39, 0.29) is 19.5 Å². The van der Waals surface area contributed by atoms with Crippen molar-refractivity contribution < 1.29 is 19.0 Å². The molecule has 1 aliphatic rings. The van der Waals surface area contributed by atoms with Crippen molar-refractivity contribution in [2.24, 2.45) is 0 Å². The lowest BCUT2D eigenvalue weighted by atomic mass is 9.93. The molecule has 0 spiro atoms. The molecule has 1 fully saturated rings. The van der Waals surface area contributed by atoms with Crippen molar-refractivity contribution in [3.8, 4) is 0 Å². The van der Waals surface area contributed by atoms with Crippen LogP contribution in [0.25, 0.3) is 0 Å². The second-order valence-corrected chi connectivity index (χ2v) is 5.52. The third-order valence-electron chi connectivity index (χ3n) is 2.49. The predicted molar refractivity (Wildman–Crippen MR) is 57.9 cm³/mol. The van der Waals surface area contributed by atoms with Crippen LogP contribution in [0.5, 0.6) is 0 Å². The largest absolute Gasteiger partial charge is 0.444 e. The van der Waals surface area contributed by atoms with Gasteiger partial charge in [0, 0.05) is 6.54 Å². The average Bonchev–Trinajstić information content (AvgIpc) is 2.06. The van der Waals surface area contributed by atoms with Gasteiger partial charge in [-0.25, -0.2) is 9.18 Å². The van der Waals surface area contributed by atoms with Gasteiger partial charge in [0.1, 0.15) is 17.4 Å². The van der Waals surface area contributed by atoms with E-state index in [0.717, 1.165) is 0 Å². The number of ether oxygens (including phenoxy) is 1. The Hall–Kier alpha value is -0.840. The Bertz CT molecular complexity index is 273. The van der Waals surface area contributed by atoms with Gasteiger partial charge in [-0.2, -0.15) is 0 Å². The molecule has 94 valence electrons. The van der Waals surface area contributed by atoms with Crippen molar-refractivity contribution in [2.45, 2.75) is 51.5 Å². The highest BCUT2D eigenvalue weighted by Crippen LogP contribution is 2.25. The van der Waals surface area contributed by atoms with Crippen molar-refractivity contribution in [3.63, 3.8) is 0 Å². The fourth-order valence-corrected chi connectivity index (χ4v) is 1.63. The molecule has 1 amide bonds. The van der Waals surface area contributed by atoms with Gasteiger partial charge in [0.15, 0.2) is 0 Å². The van der Waals surface area contributed by atoms with Crippen LogP contribution in [0.1, 0.15) is 34.1 Å². The van der Waals surface area contributed by atoms with Crippen molar-refractivity contribution >= 4 is 6.09 Å². The van der Waals surface area contributed by atoms with E-state index in [1.165, 1.54) is 11.8 Å². The van der Waals surface area contributed by atoms with Crippen LogP contribution in [0.3, 0.4) is 0 Å². The average molecular weight is 233 g/mol. The topological polar surface area (TPSA) is 49.8 Å². The summed E-state index contributed by atoms with van der Waals surface area (Å²) in [5, 5.41) is 9.74. The monoisotopic (exact) mass is 233 g/mol. The van der Waals surface area contributed by atoms with Gasteiger partial charge in [-0.05, 0) is 34.1 Å². The summed E-state index contributed by atoms with van der Waals surface area (Å²) in [6.07, 6.45) is -1.64. The standard InChI is InChI=1S/C11H20FNO3/c1-10(2,3)16-9(14)13-6-5-8(12)11(4,15)7-13/h8,15H,5-7H2,1-4H3/t8-,11+/m1/s1. The van der Waals surface area contributed by atoms with Crippen LogP contribution >= 0.6 is 0 Å². The first-order valence-corrected chi connectivity index (χ1v) is 5.46. The number of rotatable bonds is 0. The maximum atomic E-state index is 13.3. The van der Waals surface area contributed by atoms with Gasteiger partial charge in [-0.1, -0.05) is 0 Å². The number of aliphatic hydroxyl groups is 1. The van der Waals surface area contributed by atoms with E-state index in [0.29, 0.717) is 0 Å². The summed E-state index contributed by atoms with van der Waals surface area (Å²) in [6.45, 7) is 6.96. The SMILES string of the molecule is CC(C)(C)OC(=O)N1CC[C@@H](F)[C@@](C)(O)C1. The van der Waals surface area contributed by atoms with Crippen molar-refractivity contribution in [3.05, 3.63) is 0 Å². The van der Waals surface area contributed by atoms with Gasteiger partial charge in [0.25, 0.3) is 0 Å². The van der Waals surface area contributed by atoms with Crippen LogP contribution in [-0.2, 0) is 4.74 Å². The molecule has 2 atom stereocenters. The molecule has 1 N–H and O–H groups in total. The molecule has 0 saturated carbocycles. The normalized spacial score (nSPS) is 31.4. The number of piperidine rings is 1. The van der Waals surface area contributed by atoms with Crippen LogP contribution < -0.4 is 0 Å². The molecular weight excluding hydrogens is 213 g/mol. The van der Waals surface area contributed by atoms with E-state index in [4.69, 9.17) is 4.74 Å². The molecule has 0 aliphatic carbocycles. The zero-order chi connectivity index (χ0) is 12.6. The molecule has 0 aromatic carbocycles. The smallest absolute Gasteiger partial charge is 0.410 e. The summed E-state index contributed by atoms with van der Waals surface area (Å²) < 4.78 is 18.5. The van der Waals surface area contributed by atoms with Crippen LogP contribution in [0.15, 0.2) is 0 Å². The van der Waals surface area contributed by atoms with Gasteiger partial charge in [-0.3, -0.25) is 0 Å². The highest BCUT2D eigenvalue weighted by molar-refractivity contribution is 5.68. The predicted octanol–water partition coefficient (Wildman–Crippen LogP) is 1.72.